The van der Waals surface area contributed by atoms with E-state index in [0.717, 1.165) is 22.2 Å². The highest BCUT2D eigenvalue weighted by molar-refractivity contribution is 6.14. The van der Waals surface area contributed by atoms with Gasteiger partial charge in [-0.2, -0.15) is 0 Å². The number of benzene rings is 2. The molecule has 116 valence electrons. The van der Waals surface area contributed by atoms with Gasteiger partial charge in [0.15, 0.2) is 6.61 Å². The van der Waals surface area contributed by atoms with Crippen LogP contribution < -0.4 is 0 Å². The van der Waals surface area contributed by atoms with E-state index in [1.807, 2.05) is 54.6 Å². The second kappa shape index (κ2) is 6.48. The van der Waals surface area contributed by atoms with Crippen LogP contribution in [0.5, 0.6) is 0 Å². The van der Waals surface area contributed by atoms with Crippen molar-refractivity contribution < 1.29 is 14.3 Å². The lowest BCUT2D eigenvalue weighted by atomic mass is 10.0. The molecule has 23 heavy (non-hydrogen) atoms. The standard InChI is InChI=1S/C19H17NO3/c1-2-17(22)23-12-16(21)18-14-10-6-7-11-15(14)20-19(18)13-8-4-3-5-9-13/h3-11,20H,2,12H2,1H3. The van der Waals surface area contributed by atoms with Crippen molar-refractivity contribution in [3.8, 4) is 11.3 Å². The summed E-state index contributed by atoms with van der Waals surface area (Å²) in [5.41, 5.74) is 3.13. The SMILES string of the molecule is CCC(=O)OCC(=O)c1c(-c2ccccc2)[nH]c2ccccc12. The quantitative estimate of drug-likeness (QED) is 0.573. The second-order valence-corrected chi connectivity index (χ2v) is 5.22. The molecule has 0 bridgehead atoms. The molecule has 0 aliphatic rings. The molecule has 0 unspecified atom stereocenters. The summed E-state index contributed by atoms with van der Waals surface area (Å²) in [4.78, 5) is 27.3. The molecule has 3 aromatic rings. The fourth-order valence-electron chi connectivity index (χ4n) is 2.57. The van der Waals surface area contributed by atoms with Crippen LogP contribution in [-0.4, -0.2) is 23.3 Å². The minimum absolute atomic E-state index is 0.205. The Balaban J connectivity index is 2.06. The third kappa shape index (κ3) is 3.01. The van der Waals surface area contributed by atoms with Crippen LogP contribution in [0.1, 0.15) is 23.7 Å². The molecule has 0 spiro atoms. The van der Waals surface area contributed by atoms with Crippen LogP contribution in [0.3, 0.4) is 0 Å². The van der Waals surface area contributed by atoms with Gasteiger partial charge in [-0.05, 0) is 11.6 Å². The fraction of sp³-hybridized carbons (Fsp3) is 0.158. The normalized spacial score (nSPS) is 10.7. The van der Waals surface area contributed by atoms with Gasteiger partial charge >= 0.3 is 5.97 Å². The van der Waals surface area contributed by atoms with Gasteiger partial charge in [-0.25, -0.2) is 0 Å². The Morgan fingerprint density at radius 1 is 1.00 bits per heavy atom. The van der Waals surface area contributed by atoms with Gasteiger partial charge in [0.05, 0.1) is 11.3 Å². The molecule has 0 fully saturated rings. The van der Waals surface area contributed by atoms with Crippen molar-refractivity contribution in [2.45, 2.75) is 13.3 Å². The minimum Gasteiger partial charge on any atom is -0.457 e. The number of aromatic amines is 1. The number of hydrogen-bond donors (Lipinski definition) is 1. The predicted molar refractivity (Wildman–Crippen MR) is 89.3 cm³/mol. The first kappa shape index (κ1) is 15.0. The summed E-state index contributed by atoms with van der Waals surface area (Å²) < 4.78 is 5.01. The maximum absolute atomic E-state index is 12.6. The van der Waals surface area contributed by atoms with Gasteiger partial charge in [0.2, 0.25) is 5.78 Å². The van der Waals surface area contributed by atoms with E-state index in [2.05, 4.69) is 4.98 Å². The van der Waals surface area contributed by atoms with Crippen LogP contribution in [0.2, 0.25) is 0 Å². The Bertz CT molecular complexity index is 849. The lowest BCUT2D eigenvalue weighted by molar-refractivity contribution is -0.142. The van der Waals surface area contributed by atoms with Crippen LogP contribution >= 0.6 is 0 Å². The van der Waals surface area contributed by atoms with E-state index >= 15 is 0 Å². The zero-order chi connectivity index (χ0) is 16.2. The van der Waals surface area contributed by atoms with Crippen LogP contribution in [0.4, 0.5) is 0 Å². The van der Waals surface area contributed by atoms with E-state index < -0.39 is 0 Å². The third-order valence-corrected chi connectivity index (χ3v) is 3.70. The Hall–Kier alpha value is -2.88. The van der Waals surface area contributed by atoms with Crippen molar-refractivity contribution in [3.63, 3.8) is 0 Å². The number of H-pyrrole nitrogens is 1. The molecular weight excluding hydrogens is 290 g/mol. The van der Waals surface area contributed by atoms with Gasteiger partial charge in [0.1, 0.15) is 0 Å². The zero-order valence-electron chi connectivity index (χ0n) is 12.8. The maximum atomic E-state index is 12.6. The molecule has 1 N–H and O–H groups in total. The first-order chi connectivity index (χ1) is 11.2. The number of carbonyl (C=O) groups excluding carboxylic acids is 2. The molecule has 0 saturated heterocycles. The number of ketones is 1. The Kier molecular flexibility index (Phi) is 4.24. The summed E-state index contributed by atoms with van der Waals surface area (Å²) in [6, 6.07) is 17.3. The lowest BCUT2D eigenvalue weighted by Crippen LogP contribution is -2.13. The molecular formula is C19H17NO3. The van der Waals surface area contributed by atoms with E-state index in [4.69, 9.17) is 4.74 Å². The van der Waals surface area contributed by atoms with Gasteiger partial charge in [-0.3, -0.25) is 9.59 Å². The molecule has 4 heteroatoms. The van der Waals surface area contributed by atoms with Crippen LogP contribution in [0, 0.1) is 0 Å². The van der Waals surface area contributed by atoms with Gasteiger partial charge < -0.3 is 9.72 Å². The number of carbonyl (C=O) groups is 2. The van der Waals surface area contributed by atoms with Crippen LogP contribution in [0.25, 0.3) is 22.2 Å². The number of rotatable bonds is 5. The molecule has 0 amide bonds. The van der Waals surface area contributed by atoms with Gasteiger partial charge in [-0.1, -0.05) is 55.5 Å². The molecule has 4 nitrogen and oxygen atoms in total. The average Bonchev–Trinajstić information content (AvgIpc) is 2.99. The summed E-state index contributed by atoms with van der Waals surface area (Å²) in [7, 11) is 0. The molecule has 0 saturated carbocycles. The first-order valence-corrected chi connectivity index (χ1v) is 7.55. The topological polar surface area (TPSA) is 59.2 Å². The smallest absolute Gasteiger partial charge is 0.305 e. The summed E-state index contributed by atoms with van der Waals surface area (Å²) in [6.07, 6.45) is 0.257. The van der Waals surface area contributed by atoms with Crippen molar-refractivity contribution in [1.82, 2.24) is 4.98 Å². The summed E-state index contributed by atoms with van der Waals surface area (Å²) in [6.45, 7) is 1.46. The van der Waals surface area contributed by atoms with E-state index in [1.54, 1.807) is 6.92 Å². The lowest BCUT2D eigenvalue weighted by Gasteiger charge is -2.05. The Morgan fingerprint density at radius 3 is 2.43 bits per heavy atom. The van der Waals surface area contributed by atoms with Crippen molar-refractivity contribution >= 4 is 22.7 Å². The molecule has 3 rings (SSSR count). The number of fused-ring (bicyclic) bond motifs is 1. The third-order valence-electron chi connectivity index (χ3n) is 3.70. The highest BCUT2D eigenvalue weighted by Gasteiger charge is 2.20. The number of hydrogen-bond acceptors (Lipinski definition) is 3. The van der Waals surface area contributed by atoms with Crippen molar-refractivity contribution in [2.24, 2.45) is 0 Å². The molecule has 0 aliphatic carbocycles. The minimum atomic E-state index is -0.376. The second-order valence-electron chi connectivity index (χ2n) is 5.22. The Morgan fingerprint density at radius 2 is 1.70 bits per heavy atom. The fourth-order valence-corrected chi connectivity index (χ4v) is 2.57. The molecule has 1 aromatic heterocycles. The van der Waals surface area contributed by atoms with Gasteiger partial charge in [0, 0.05) is 17.3 Å². The number of esters is 1. The number of ether oxygens (including phenoxy) is 1. The average molecular weight is 307 g/mol. The number of nitrogens with one attached hydrogen (secondary N) is 1. The van der Waals surface area contributed by atoms with Crippen molar-refractivity contribution in [1.29, 1.82) is 0 Å². The summed E-state index contributed by atoms with van der Waals surface area (Å²) in [5.74, 6) is -0.581. The molecule has 2 aromatic carbocycles. The Labute approximate surface area is 134 Å². The molecule has 0 radical (unpaired) electrons. The number of aromatic nitrogens is 1. The van der Waals surface area contributed by atoms with Crippen LogP contribution in [0.15, 0.2) is 54.6 Å². The van der Waals surface area contributed by atoms with E-state index in [1.165, 1.54) is 0 Å². The van der Waals surface area contributed by atoms with Crippen molar-refractivity contribution in [2.75, 3.05) is 6.61 Å². The predicted octanol–water partition coefficient (Wildman–Crippen LogP) is 3.97. The van der Waals surface area contributed by atoms with E-state index in [0.29, 0.717) is 5.56 Å². The molecule has 0 aliphatic heterocycles. The van der Waals surface area contributed by atoms with E-state index in [9.17, 15) is 9.59 Å². The van der Waals surface area contributed by atoms with Gasteiger partial charge in [-0.15, -0.1) is 0 Å². The van der Waals surface area contributed by atoms with Gasteiger partial charge in [0.25, 0.3) is 0 Å². The molecule has 0 atom stereocenters. The summed E-state index contributed by atoms with van der Waals surface area (Å²) >= 11 is 0. The zero-order valence-corrected chi connectivity index (χ0v) is 12.8. The highest BCUT2D eigenvalue weighted by Crippen LogP contribution is 2.30. The first-order valence-electron chi connectivity index (χ1n) is 7.55. The van der Waals surface area contributed by atoms with E-state index in [-0.39, 0.29) is 24.8 Å². The summed E-state index contributed by atoms with van der Waals surface area (Å²) in [5, 5.41) is 0.837. The number of Topliss-reactive ketones (excluding diaryl/α,β-unsaturated/α-hetero) is 1. The highest BCUT2D eigenvalue weighted by atomic mass is 16.5. The monoisotopic (exact) mass is 307 g/mol. The van der Waals surface area contributed by atoms with Crippen LogP contribution in [-0.2, 0) is 9.53 Å². The maximum Gasteiger partial charge on any atom is 0.305 e. The van der Waals surface area contributed by atoms with Crippen molar-refractivity contribution in [3.05, 3.63) is 60.2 Å². The largest absolute Gasteiger partial charge is 0.457 e. The number of para-hydroxylation sites is 1. The molecule has 1 heterocycles.